The predicted molar refractivity (Wildman–Crippen MR) is 45.6 cm³/mol. The first-order valence-electron chi connectivity index (χ1n) is 4.08. The van der Waals surface area contributed by atoms with Crippen molar-refractivity contribution < 1.29 is 4.84 Å². The molecule has 1 rings (SSSR count). The molecule has 0 aromatic rings. The maximum atomic E-state index is 5.44. The van der Waals surface area contributed by atoms with E-state index in [1.807, 2.05) is 5.06 Å². The Labute approximate surface area is 69.7 Å². The molecule has 1 aliphatic heterocycles. The van der Waals surface area contributed by atoms with Crippen LogP contribution in [-0.2, 0) is 4.84 Å². The lowest BCUT2D eigenvalue weighted by Crippen LogP contribution is -2.45. The summed E-state index contributed by atoms with van der Waals surface area (Å²) in [5.41, 5.74) is 0. The minimum Gasteiger partial charge on any atom is -0.302 e. The van der Waals surface area contributed by atoms with Gasteiger partial charge in [-0.3, -0.25) is 0 Å². The maximum Gasteiger partial charge on any atom is 0.0670 e. The van der Waals surface area contributed by atoms with Crippen molar-refractivity contribution in [2.24, 2.45) is 0 Å². The first kappa shape index (κ1) is 9.04. The number of rotatable bonds is 3. The van der Waals surface area contributed by atoms with Crippen LogP contribution < -0.4 is 0 Å². The Morgan fingerprint density at radius 1 is 1.27 bits per heavy atom. The molecule has 1 saturated heterocycles. The van der Waals surface area contributed by atoms with E-state index in [1.165, 1.54) is 0 Å². The van der Waals surface area contributed by atoms with E-state index in [4.69, 9.17) is 12.7 Å². The third kappa shape index (κ3) is 2.81. The van der Waals surface area contributed by atoms with Gasteiger partial charge in [-0.2, -0.15) is 5.06 Å². The Bertz CT molecular complexity index is 105. The number of hydroxylamine groups is 2. The highest BCUT2D eigenvalue weighted by Crippen LogP contribution is 2.00. The number of nitrogens with zero attached hydrogens (tertiary/aromatic N) is 2. The van der Waals surface area contributed by atoms with Gasteiger partial charge in [0.05, 0.1) is 15.0 Å². The fourth-order valence-corrected chi connectivity index (χ4v) is 1.32. The van der Waals surface area contributed by atoms with Crippen LogP contribution in [0.1, 0.15) is 0 Å². The Morgan fingerprint density at radius 2 is 1.91 bits per heavy atom. The van der Waals surface area contributed by atoms with Crippen LogP contribution in [-0.4, -0.2) is 57.6 Å². The highest BCUT2D eigenvalue weighted by molar-refractivity contribution is 6.08. The third-order valence-electron chi connectivity index (χ3n) is 2.03. The van der Waals surface area contributed by atoms with Crippen molar-refractivity contribution in [2.75, 3.05) is 39.8 Å². The first-order valence-corrected chi connectivity index (χ1v) is 4.08. The van der Waals surface area contributed by atoms with Crippen molar-refractivity contribution in [3.8, 4) is 0 Å². The van der Waals surface area contributed by atoms with Crippen molar-refractivity contribution in [2.45, 2.75) is 6.32 Å². The normalized spacial score (nSPS) is 22.3. The third-order valence-corrected chi connectivity index (χ3v) is 2.03. The lowest BCUT2D eigenvalue weighted by atomic mass is 10.1. The molecule has 0 spiro atoms. The molecule has 2 radical (unpaired) electrons. The quantitative estimate of drug-likeness (QED) is 0.521. The van der Waals surface area contributed by atoms with Crippen LogP contribution in [0.3, 0.4) is 0 Å². The average Bonchev–Trinajstić information content (AvgIpc) is 2.07. The minimum atomic E-state index is 0.757. The van der Waals surface area contributed by atoms with Gasteiger partial charge in [-0.1, -0.05) is 6.32 Å². The summed E-state index contributed by atoms with van der Waals surface area (Å²) in [6, 6.07) is 0. The van der Waals surface area contributed by atoms with E-state index in [1.54, 1.807) is 7.11 Å². The first-order chi connectivity index (χ1) is 5.36. The summed E-state index contributed by atoms with van der Waals surface area (Å²) in [4.78, 5) is 7.45. The molecule has 11 heavy (non-hydrogen) atoms. The fraction of sp³-hybridized carbons (Fsp3) is 1.00. The maximum absolute atomic E-state index is 5.44. The molecule has 1 aliphatic rings. The van der Waals surface area contributed by atoms with E-state index < -0.39 is 0 Å². The lowest BCUT2D eigenvalue weighted by Gasteiger charge is -2.32. The van der Waals surface area contributed by atoms with Gasteiger partial charge in [-0.05, 0) is 6.54 Å². The van der Waals surface area contributed by atoms with Crippen LogP contribution in [0.5, 0.6) is 0 Å². The van der Waals surface area contributed by atoms with E-state index in [-0.39, 0.29) is 0 Å². The largest absolute Gasteiger partial charge is 0.302 e. The van der Waals surface area contributed by atoms with Gasteiger partial charge in [-0.15, -0.1) is 0 Å². The van der Waals surface area contributed by atoms with Crippen LogP contribution in [0, 0.1) is 0 Å². The fourth-order valence-electron chi connectivity index (χ4n) is 1.32. The molecule has 0 atom stereocenters. The van der Waals surface area contributed by atoms with Crippen molar-refractivity contribution in [3.63, 3.8) is 0 Å². The van der Waals surface area contributed by atoms with Gasteiger partial charge >= 0.3 is 0 Å². The van der Waals surface area contributed by atoms with Crippen LogP contribution in [0.2, 0.25) is 6.32 Å². The molecular weight excluding hydrogens is 139 g/mol. The van der Waals surface area contributed by atoms with E-state index in [2.05, 4.69) is 4.90 Å². The molecule has 0 unspecified atom stereocenters. The summed E-state index contributed by atoms with van der Waals surface area (Å²) in [5.74, 6) is 0. The Hall–Kier alpha value is -0.0551. The van der Waals surface area contributed by atoms with Crippen LogP contribution in [0.4, 0.5) is 0 Å². The molecule has 1 fully saturated rings. The molecule has 0 N–H and O–H groups in total. The highest BCUT2D eigenvalue weighted by atomic mass is 16.7. The molecule has 0 aromatic heterocycles. The summed E-state index contributed by atoms with van der Waals surface area (Å²) < 4.78 is 0. The van der Waals surface area contributed by atoms with Gasteiger partial charge in [-0.25, -0.2) is 0 Å². The van der Waals surface area contributed by atoms with Gasteiger partial charge in [0.1, 0.15) is 0 Å². The number of hydrogen-bond donors (Lipinski definition) is 0. The number of piperazine rings is 1. The molecule has 4 heteroatoms. The summed E-state index contributed by atoms with van der Waals surface area (Å²) in [5, 5.41) is 1.98. The van der Waals surface area contributed by atoms with E-state index >= 15 is 0 Å². The molecule has 0 saturated carbocycles. The SMILES string of the molecule is [B]CCN1CCN(OC)CC1. The Morgan fingerprint density at radius 3 is 2.36 bits per heavy atom. The monoisotopic (exact) mass is 154 g/mol. The summed E-state index contributed by atoms with van der Waals surface area (Å²) in [6.07, 6.45) is 0.757. The van der Waals surface area contributed by atoms with Gasteiger partial charge < -0.3 is 9.74 Å². The summed E-state index contributed by atoms with van der Waals surface area (Å²) in [6.45, 7) is 5.15. The second-order valence-corrected chi connectivity index (χ2v) is 2.74. The molecule has 1 heterocycles. The van der Waals surface area contributed by atoms with Gasteiger partial charge in [0, 0.05) is 26.2 Å². The van der Waals surface area contributed by atoms with Gasteiger partial charge in [0.15, 0.2) is 0 Å². The van der Waals surface area contributed by atoms with Gasteiger partial charge in [0.2, 0.25) is 0 Å². The van der Waals surface area contributed by atoms with E-state index in [0.717, 1.165) is 39.0 Å². The van der Waals surface area contributed by atoms with Crippen LogP contribution in [0.25, 0.3) is 0 Å². The highest BCUT2D eigenvalue weighted by Gasteiger charge is 2.14. The Balaban J connectivity index is 2.14. The zero-order chi connectivity index (χ0) is 8.10. The van der Waals surface area contributed by atoms with Crippen LogP contribution in [0.15, 0.2) is 0 Å². The van der Waals surface area contributed by atoms with E-state index in [0.29, 0.717) is 0 Å². The smallest absolute Gasteiger partial charge is 0.0670 e. The second kappa shape index (κ2) is 4.75. The van der Waals surface area contributed by atoms with Crippen molar-refractivity contribution in [1.82, 2.24) is 9.96 Å². The molecule has 0 amide bonds. The topological polar surface area (TPSA) is 15.7 Å². The molecule has 0 aromatic carbocycles. The summed E-state index contributed by atoms with van der Waals surface area (Å²) in [7, 11) is 7.16. The standard InChI is InChI=1S/C7H15BN2O/c1-11-10-6-4-9(3-2-8)5-7-10/h2-7H2,1H3. The zero-order valence-electron chi connectivity index (χ0n) is 7.12. The van der Waals surface area contributed by atoms with Crippen molar-refractivity contribution >= 4 is 7.85 Å². The van der Waals surface area contributed by atoms with Gasteiger partial charge in [0.25, 0.3) is 0 Å². The minimum absolute atomic E-state index is 0.757. The molecule has 62 valence electrons. The van der Waals surface area contributed by atoms with Crippen molar-refractivity contribution in [1.29, 1.82) is 0 Å². The number of hydrogen-bond acceptors (Lipinski definition) is 3. The lowest BCUT2D eigenvalue weighted by molar-refractivity contribution is -0.151. The van der Waals surface area contributed by atoms with Crippen molar-refractivity contribution in [3.05, 3.63) is 0 Å². The van der Waals surface area contributed by atoms with Crippen LogP contribution >= 0.6 is 0 Å². The summed E-state index contributed by atoms with van der Waals surface area (Å²) >= 11 is 0. The second-order valence-electron chi connectivity index (χ2n) is 2.74. The molecule has 3 nitrogen and oxygen atoms in total. The Kier molecular flexibility index (Phi) is 3.90. The zero-order valence-corrected chi connectivity index (χ0v) is 7.12. The molecule has 0 bridgehead atoms. The van der Waals surface area contributed by atoms with E-state index in [9.17, 15) is 0 Å². The average molecular weight is 154 g/mol. The molecule has 0 aliphatic carbocycles. The molecular formula is C7H15BN2O. The predicted octanol–water partition coefficient (Wildman–Crippen LogP) is -0.248.